The highest BCUT2D eigenvalue weighted by Crippen LogP contribution is 2.40. The molecule has 1 fully saturated rings. The second-order valence-corrected chi connectivity index (χ2v) is 7.67. The van der Waals surface area contributed by atoms with E-state index in [1.165, 1.54) is 5.56 Å². The maximum atomic E-state index is 12.7. The summed E-state index contributed by atoms with van der Waals surface area (Å²) in [6, 6.07) is 5.82. The molecular formula is C19H21N4O3S+. The predicted octanol–water partition coefficient (Wildman–Crippen LogP) is 1.65. The highest BCUT2D eigenvalue weighted by molar-refractivity contribution is 7.71. The van der Waals surface area contributed by atoms with Crippen LogP contribution >= 0.6 is 12.2 Å². The van der Waals surface area contributed by atoms with Gasteiger partial charge in [-0.1, -0.05) is 0 Å². The van der Waals surface area contributed by atoms with Crippen molar-refractivity contribution in [3.63, 3.8) is 0 Å². The number of aromatic amines is 2. The van der Waals surface area contributed by atoms with Gasteiger partial charge in [-0.3, -0.25) is 14.3 Å². The number of rotatable bonds is 3. The smallest absolute Gasteiger partial charge is 0.265 e. The van der Waals surface area contributed by atoms with Crippen molar-refractivity contribution < 1.29 is 15.2 Å². The molecule has 3 aromatic rings. The molecule has 2 aromatic heterocycles. The van der Waals surface area contributed by atoms with Gasteiger partial charge in [-0.15, -0.1) is 0 Å². The minimum Gasteiger partial charge on any atom is -0.497 e. The number of hydrogen-bond acceptors (Lipinski definition) is 4. The van der Waals surface area contributed by atoms with E-state index in [0.29, 0.717) is 10.3 Å². The second-order valence-electron chi connectivity index (χ2n) is 7.28. The van der Waals surface area contributed by atoms with E-state index in [2.05, 4.69) is 15.3 Å². The lowest BCUT2D eigenvalue weighted by Gasteiger charge is -2.22. The Bertz CT molecular complexity index is 1170. The van der Waals surface area contributed by atoms with Crippen LogP contribution < -0.4 is 15.6 Å². The molecule has 7 nitrogen and oxygen atoms in total. The quantitative estimate of drug-likeness (QED) is 0.515. The Labute approximate surface area is 160 Å². The molecule has 140 valence electrons. The number of nitrogens with one attached hydrogen (secondary N) is 2. The fourth-order valence-electron chi connectivity index (χ4n) is 4.19. The van der Waals surface area contributed by atoms with E-state index in [9.17, 15) is 9.90 Å². The third-order valence-electron chi connectivity index (χ3n) is 5.63. The largest absolute Gasteiger partial charge is 0.497 e. The Morgan fingerprint density at radius 2 is 2.15 bits per heavy atom. The molecule has 8 heteroatoms. The maximum absolute atomic E-state index is 12.7. The SMILES string of the molecule is COc1ccc2[nH]c3c(c2c1)CC[NH2+][C@H]3c1c(O)n(C2CC2)c(=S)[nH]c1=O. The number of benzene rings is 1. The average Bonchev–Trinajstić information content (AvgIpc) is 3.41. The number of nitrogens with zero attached hydrogens (tertiary/aromatic N) is 1. The van der Waals surface area contributed by atoms with Crippen molar-refractivity contribution >= 4 is 23.1 Å². The second kappa shape index (κ2) is 5.97. The number of H-pyrrole nitrogens is 2. The highest BCUT2D eigenvalue weighted by Gasteiger charge is 2.36. The molecule has 5 N–H and O–H groups in total. The summed E-state index contributed by atoms with van der Waals surface area (Å²) in [6.45, 7) is 0.833. The van der Waals surface area contributed by atoms with Gasteiger partial charge in [0, 0.05) is 23.4 Å². The van der Waals surface area contributed by atoms with Gasteiger partial charge in [0.25, 0.3) is 5.56 Å². The summed E-state index contributed by atoms with van der Waals surface area (Å²) in [4.78, 5) is 19.0. The Kier molecular flexibility index (Phi) is 3.66. The highest BCUT2D eigenvalue weighted by atomic mass is 32.1. The van der Waals surface area contributed by atoms with Crippen molar-refractivity contribution in [2.75, 3.05) is 13.7 Å². The van der Waals surface area contributed by atoms with Gasteiger partial charge >= 0.3 is 0 Å². The number of ether oxygens (including phenoxy) is 1. The number of nitrogens with two attached hydrogens (primary N) is 1. The van der Waals surface area contributed by atoms with Crippen molar-refractivity contribution in [2.24, 2.45) is 0 Å². The molecule has 27 heavy (non-hydrogen) atoms. The first-order valence-corrected chi connectivity index (χ1v) is 9.58. The van der Waals surface area contributed by atoms with Gasteiger partial charge in [0.1, 0.15) is 11.3 Å². The van der Waals surface area contributed by atoms with Gasteiger partial charge in [-0.25, -0.2) is 0 Å². The van der Waals surface area contributed by atoms with E-state index in [1.54, 1.807) is 11.7 Å². The Morgan fingerprint density at radius 1 is 1.33 bits per heavy atom. The lowest BCUT2D eigenvalue weighted by Crippen LogP contribution is -2.87. The topological polar surface area (TPSA) is 99.6 Å². The average molecular weight is 385 g/mol. The van der Waals surface area contributed by atoms with Crippen LogP contribution in [0.2, 0.25) is 0 Å². The van der Waals surface area contributed by atoms with Crippen molar-refractivity contribution in [3.8, 4) is 11.6 Å². The third kappa shape index (κ3) is 2.51. The Balaban J connectivity index is 1.72. The molecule has 1 saturated carbocycles. The van der Waals surface area contributed by atoms with E-state index in [0.717, 1.165) is 48.2 Å². The van der Waals surface area contributed by atoms with Gasteiger partial charge in [-0.2, -0.15) is 0 Å². The first kappa shape index (κ1) is 16.6. The molecular weight excluding hydrogens is 364 g/mol. The number of aromatic hydroxyl groups is 1. The number of methoxy groups -OCH3 is 1. The van der Waals surface area contributed by atoms with Gasteiger partial charge in [0.05, 0.1) is 19.3 Å². The minimum absolute atomic E-state index is 0.00316. The molecule has 0 amide bonds. The predicted molar refractivity (Wildman–Crippen MR) is 103 cm³/mol. The third-order valence-corrected chi connectivity index (χ3v) is 5.93. The first-order valence-electron chi connectivity index (χ1n) is 9.18. The van der Waals surface area contributed by atoms with Crippen LogP contribution in [0.5, 0.6) is 11.6 Å². The number of quaternary nitrogens is 1. The summed E-state index contributed by atoms with van der Waals surface area (Å²) in [6.07, 6.45) is 2.83. The summed E-state index contributed by atoms with van der Waals surface area (Å²) < 4.78 is 7.35. The summed E-state index contributed by atoms with van der Waals surface area (Å²) in [5.41, 5.74) is 3.20. The maximum Gasteiger partial charge on any atom is 0.265 e. The zero-order chi connectivity index (χ0) is 18.7. The molecule has 0 unspecified atom stereocenters. The zero-order valence-corrected chi connectivity index (χ0v) is 15.7. The van der Waals surface area contributed by atoms with Crippen LogP contribution in [0.1, 0.15) is 41.7 Å². The van der Waals surface area contributed by atoms with Gasteiger partial charge in [-0.05, 0) is 48.8 Å². The van der Waals surface area contributed by atoms with Crippen LogP contribution in [0, 0.1) is 4.77 Å². The molecule has 0 spiro atoms. The normalized spacial score (nSPS) is 19.2. The molecule has 0 radical (unpaired) electrons. The van der Waals surface area contributed by atoms with Crippen molar-refractivity contribution in [3.05, 3.63) is 50.1 Å². The fourth-order valence-corrected chi connectivity index (χ4v) is 4.52. The van der Waals surface area contributed by atoms with E-state index >= 15 is 0 Å². The van der Waals surface area contributed by atoms with Crippen LogP contribution in [0.15, 0.2) is 23.0 Å². The lowest BCUT2D eigenvalue weighted by molar-refractivity contribution is -0.690. The minimum atomic E-state index is -0.320. The van der Waals surface area contributed by atoms with Crippen LogP contribution in [0.25, 0.3) is 10.9 Å². The van der Waals surface area contributed by atoms with Gasteiger partial charge in [0.15, 0.2) is 10.8 Å². The molecule has 2 aliphatic rings. The van der Waals surface area contributed by atoms with Crippen LogP contribution in [-0.4, -0.2) is 33.3 Å². The molecule has 1 aromatic carbocycles. The van der Waals surface area contributed by atoms with E-state index < -0.39 is 0 Å². The lowest BCUT2D eigenvalue weighted by atomic mass is 9.95. The number of aromatic nitrogens is 3. The van der Waals surface area contributed by atoms with Crippen molar-refractivity contribution in [1.82, 2.24) is 14.5 Å². The van der Waals surface area contributed by atoms with Crippen LogP contribution in [0.3, 0.4) is 0 Å². The summed E-state index contributed by atoms with van der Waals surface area (Å²) in [5, 5.41) is 14.1. The standard InChI is InChI=1S/C19H20N4O3S/c1-26-10-4-5-13-12(8-10)11-6-7-20-16(15(11)21-13)14-17(24)22-19(27)23(18(14)25)9-2-3-9/h4-5,8-9,16,20-21,25H,2-3,6-7H2,1H3,(H,22,24,27)/p+1/t16-/m0/s1. The first-order chi connectivity index (χ1) is 13.1. The number of hydrogen-bond donors (Lipinski definition) is 4. The van der Waals surface area contributed by atoms with E-state index in [4.69, 9.17) is 17.0 Å². The summed E-state index contributed by atoms with van der Waals surface area (Å²) in [5.74, 6) is 0.801. The monoisotopic (exact) mass is 385 g/mol. The summed E-state index contributed by atoms with van der Waals surface area (Å²) >= 11 is 5.28. The molecule has 1 aliphatic heterocycles. The van der Waals surface area contributed by atoms with Crippen LogP contribution in [0.4, 0.5) is 0 Å². The van der Waals surface area contributed by atoms with E-state index in [-0.39, 0.29) is 23.5 Å². The molecule has 5 rings (SSSR count). The summed E-state index contributed by atoms with van der Waals surface area (Å²) in [7, 11) is 1.65. The fraction of sp³-hybridized carbons (Fsp3) is 0.368. The van der Waals surface area contributed by atoms with E-state index in [1.807, 2.05) is 18.2 Å². The molecule has 1 atom stereocenters. The molecule has 3 heterocycles. The van der Waals surface area contributed by atoms with Gasteiger partial charge in [0.2, 0.25) is 5.88 Å². The molecule has 0 saturated heterocycles. The van der Waals surface area contributed by atoms with Gasteiger partial charge < -0.3 is 20.1 Å². The van der Waals surface area contributed by atoms with Crippen molar-refractivity contribution in [2.45, 2.75) is 31.3 Å². The molecule has 1 aliphatic carbocycles. The zero-order valence-electron chi connectivity index (χ0n) is 14.9. The van der Waals surface area contributed by atoms with Crippen LogP contribution in [-0.2, 0) is 6.42 Å². The molecule has 0 bridgehead atoms. The Hall–Kier alpha value is -2.58. The van der Waals surface area contributed by atoms with Crippen molar-refractivity contribution in [1.29, 1.82) is 0 Å². The number of fused-ring (bicyclic) bond motifs is 3. The Morgan fingerprint density at radius 3 is 2.89 bits per heavy atom.